The van der Waals surface area contributed by atoms with Crippen LogP contribution in [0.2, 0.25) is 0 Å². The van der Waals surface area contributed by atoms with Crippen LogP contribution in [0.5, 0.6) is 0 Å². The van der Waals surface area contributed by atoms with Gasteiger partial charge in [-0.1, -0.05) is 65.7 Å². The summed E-state index contributed by atoms with van der Waals surface area (Å²) in [6, 6.07) is 17.1. The lowest BCUT2D eigenvalue weighted by molar-refractivity contribution is 0.00578. The van der Waals surface area contributed by atoms with Gasteiger partial charge in [0, 0.05) is 0 Å². The van der Waals surface area contributed by atoms with Crippen LogP contribution in [-0.4, -0.2) is 18.3 Å². The quantitative estimate of drug-likeness (QED) is 0.547. The second-order valence-electron chi connectivity index (χ2n) is 7.96. The molecule has 130 valence electrons. The highest BCUT2D eigenvalue weighted by Crippen LogP contribution is 2.41. The van der Waals surface area contributed by atoms with Crippen molar-refractivity contribution >= 4 is 18.7 Å². The van der Waals surface area contributed by atoms with Crippen LogP contribution in [0.15, 0.2) is 48.5 Å². The van der Waals surface area contributed by atoms with E-state index in [2.05, 4.69) is 96.1 Å². The smallest absolute Gasteiger partial charge is 0.399 e. The molecule has 1 aliphatic heterocycles. The fourth-order valence-electron chi connectivity index (χ4n) is 2.85. The molecule has 1 fully saturated rings. The summed E-state index contributed by atoms with van der Waals surface area (Å²) in [5.41, 5.74) is 5.13. The molecule has 0 aromatic heterocycles. The molecule has 3 rings (SSSR count). The average molecular weight is 334 g/mol. The first-order chi connectivity index (χ1) is 11.7. The maximum Gasteiger partial charge on any atom is 0.495 e. The van der Waals surface area contributed by atoms with Crippen molar-refractivity contribution in [1.82, 2.24) is 0 Å². The Kier molecular flexibility index (Phi) is 4.65. The molecule has 0 amide bonds. The summed E-state index contributed by atoms with van der Waals surface area (Å²) in [5, 5.41) is 0. The van der Waals surface area contributed by atoms with Gasteiger partial charge in [-0.3, -0.25) is 0 Å². The average Bonchev–Trinajstić information content (AvgIpc) is 2.76. The molecule has 0 spiro atoms. The molecule has 1 aliphatic rings. The van der Waals surface area contributed by atoms with Gasteiger partial charge in [0.15, 0.2) is 0 Å². The van der Waals surface area contributed by atoms with Crippen LogP contribution in [0.25, 0.3) is 11.5 Å². The Balaban J connectivity index is 2.04. The maximum absolute atomic E-state index is 6.32. The molecular formula is C22H27BO2. The van der Waals surface area contributed by atoms with E-state index in [-0.39, 0.29) is 18.3 Å². The lowest BCUT2D eigenvalue weighted by Gasteiger charge is -2.32. The van der Waals surface area contributed by atoms with E-state index in [0.29, 0.717) is 0 Å². The Morgan fingerprint density at radius 1 is 0.760 bits per heavy atom. The molecule has 0 bridgehead atoms. The number of hydrogen-bond donors (Lipinski definition) is 0. The first-order valence-corrected chi connectivity index (χ1v) is 8.89. The number of rotatable bonds is 3. The molecule has 0 saturated carbocycles. The van der Waals surface area contributed by atoms with Crippen molar-refractivity contribution in [3.8, 4) is 0 Å². The summed E-state index contributed by atoms with van der Waals surface area (Å²) in [6.07, 6.45) is 2.17. The van der Waals surface area contributed by atoms with Gasteiger partial charge in [0.05, 0.1) is 11.2 Å². The highest BCUT2D eigenvalue weighted by molar-refractivity contribution is 6.70. The summed E-state index contributed by atoms with van der Waals surface area (Å²) in [7, 11) is -0.381. The van der Waals surface area contributed by atoms with Crippen molar-refractivity contribution < 1.29 is 9.31 Å². The third-order valence-corrected chi connectivity index (χ3v) is 5.29. The largest absolute Gasteiger partial charge is 0.495 e. The van der Waals surface area contributed by atoms with Crippen molar-refractivity contribution in [2.75, 3.05) is 0 Å². The normalized spacial score (nSPS) is 19.3. The van der Waals surface area contributed by atoms with Crippen LogP contribution in [0.1, 0.15) is 49.9 Å². The number of benzene rings is 2. The first-order valence-electron chi connectivity index (χ1n) is 8.89. The summed E-state index contributed by atoms with van der Waals surface area (Å²) >= 11 is 0. The van der Waals surface area contributed by atoms with Crippen LogP contribution in [0, 0.1) is 13.8 Å². The summed E-state index contributed by atoms with van der Waals surface area (Å²) in [6.45, 7) is 12.6. The van der Waals surface area contributed by atoms with Crippen LogP contribution >= 0.6 is 0 Å². The molecule has 25 heavy (non-hydrogen) atoms. The van der Waals surface area contributed by atoms with E-state index in [1.54, 1.807) is 0 Å². The molecule has 0 atom stereocenters. The van der Waals surface area contributed by atoms with Gasteiger partial charge in [-0.25, -0.2) is 0 Å². The monoisotopic (exact) mass is 334 g/mol. The third kappa shape index (κ3) is 3.73. The minimum atomic E-state index is -0.381. The number of aryl methyl sites for hydroxylation is 2. The molecule has 0 radical (unpaired) electrons. The summed E-state index contributed by atoms with van der Waals surface area (Å²) in [5.74, 6) is 0. The van der Waals surface area contributed by atoms with Crippen molar-refractivity contribution in [2.45, 2.75) is 52.7 Å². The van der Waals surface area contributed by atoms with Crippen molar-refractivity contribution in [2.24, 2.45) is 0 Å². The second-order valence-corrected chi connectivity index (χ2v) is 7.96. The highest BCUT2D eigenvalue weighted by Gasteiger charge is 2.52. The Labute approximate surface area is 152 Å². The van der Waals surface area contributed by atoms with Gasteiger partial charge >= 0.3 is 7.12 Å². The molecule has 2 nitrogen and oxygen atoms in total. The molecule has 3 heteroatoms. The molecule has 1 heterocycles. The highest BCUT2D eigenvalue weighted by atomic mass is 16.7. The minimum Gasteiger partial charge on any atom is -0.399 e. The topological polar surface area (TPSA) is 18.5 Å². The van der Waals surface area contributed by atoms with E-state index in [1.165, 1.54) is 11.1 Å². The predicted molar refractivity (Wildman–Crippen MR) is 106 cm³/mol. The van der Waals surface area contributed by atoms with E-state index in [0.717, 1.165) is 16.6 Å². The van der Waals surface area contributed by atoms with Gasteiger partial charge in [-0.15, -0.1) is 0 Å². The Bertz CT molecular complexity index is 755. The Hall–Kier alpha value is -1.84. The fraction of sp³-hybridized carbons (Fsp3) is 0.364. The van der Waals surface area contributed by atoms with Gasteiger partial charge < -0.3 is 9.31 Å². The lowest BCUT2D eigenvalue weighted by atomic mass is 9.73. The predicted octanol–water partition coefficient (Wildman–Crippen LogP) is 5.48. The van der Waals surface area contributed by atoms with Crippen LogP contribution in [-0.2, 0) is 9.31 Å². The van der Waals surface area contributed by atoms with Crippen LogP contribution < -0.4 is 0 Å². The van der Waals surface area contributed by atoms with Crippen molar-refractivity contribution in [3.05, 3.63) is 70.8 Å². The SMILES string of the molecule is Cc1ccc(/C=C(/B2OC(C)(C)C(C)(C)O2)c2ccc(C)cc2)cc1. The van der Waals surface area contributed by atoms with Crippen LogP contribution in [0.3, 0.4) is 0 Å². The Morgan fingerprint density at radius 3 is 1.68 bits per heavy atom. The van der Waals surface area contributed by atoms with E-state index in [4.69, 9.17) is 9.31 Å². The molecule has 1 saturated heterocycles. The van der Waals surface area contributed by atoms with Crippen molar-refractivity contribution in [3.63, 3.8) is 0 Å². The minimum absolute atomic E-state index is 0.352. The van der Waals surface area contributed by atoms with Gasteiger partial charge in [-0.05, 0) is 58.1 Å². The van der Waals surface area contributed by atoms with E-state index in [1.807, 2.05) is 0 Å². The van der Waals surface area contributed by atoms with Crippen molar-refractivity contribution in [1.29, 1.82) is 0 Å². The standard InChI is InChI=1S/C22H27BO2/c1-16-7-11-18(12-8-16)15-20(19-13-9-17(2)10-14-19)23-24-21(3,4)22(5,6)25-23/h7-15H,1-6H3/b20-15+. The lowest BCUT2D eigenvalue weighted by Crippen LogP contribution is -2.41. The fourth-order valence-corrected chi connectivity index (χ4v) is 2.85. The van der Waals surface area contributed by atoms with Gasteiger partial charge in [0.1, 0.15) is 0 Å². The van der Waals surface area contributed by atoms with Crippen LogP contribution in [0.4, 0.5) is 0 Å². The molecule has 0 aliphatic carbocycles. The zero-order chi connectivity index (χ0) is 18.2. The Morgan fingerprint density at radius 2 is 1.20 bits per heavy atom. The summed E-state index contributed by atoms with van der Waals surface area (Å²) < 4.78 is 12.6. The summed E-state index contributed by atoms with van der Waals surface area (Å²) in [4.78, 5) is 0. The molecule has 2 aromatic carbocycles. The third-order valence-electron chi connectivity index (χ3n) is 5.29. The first kappa shape index (κ1) is 18.0. The zero-order valence-corrected chi connectivity index (χ0v) is 16.1. The number of hydrogen-bond acceptors (Lipinski definition) is 2. The van der Waals surface area contributed by atoms with E-state index >= 15 is 0 Å². The van der Waals surface area contributed by atoms with Gasteiger partial charge in [0.25, 0.3) is 0 Å². The molecule has 0 N–H and O–H groups in total. The molecule has 2 aromatic rings. The van der Waals surface area contributed by atoms with Gasteiger partial charge in [0.2, 0.25) is 0 Å². The maximum atomic E-state index is 6.32. The van der Waals surface area contributed by atoms with Gasteiger partial charge in [-0.2, -0.15) is 0 Å². The van der Waals surface area contributed by atoms with E-state index < -0.39 is 0 Å². The van der Waals surface area contributed by atoms with E-state index in [9.17, 15) is 0 Å². The second kappa shape index (κ2) is 6.47. The zero-order valence-electron chi connectivity index (χ0n) is 16.1. The molecule has 0 unspecified atom stereocenters. The molecular weight excluding hydrogens is 307 g/mol.